The number of carbonyl (C=O) groups excluding carboxylic acids is 1. The van der Waals surface area contributed by atoms with Crippen LogP contribution in [0.25, 0.3) is 16.6 Å². The molecule has 1 aromatic carbocycles. The Bertz CT molecular complexity index is 1650. The van der Waals surface area contributed by atoms with Crippen LogP contribution in [-0.4, -0.2) is 31.5 Å². The monoisotopic (exact) mass is 515 g/mol. The number of aromatic nitrogens is 3. The second-order valence-corrected chi connectivity index (χ2v) is 9.86. The SMILES string of the molecule is Cc1cc(NC(=O)C2CC2)ncc1-n1cc(C(=O)O)c(=O)c2cc(Cl)c(N3Cc4cccnc4C3)cc21. The Kier molecular flexibility index (Phi) is 5.45. The number of benzene rings is 1. The zero-order valence-electron chi connectivity index (χ0n) is 19.9. The number of rotatable bonds is 5. The molecule has 4 heterocycles. The van der Waals surface area contributed by atoms with Crippen LogP contribution < -0.4 is 15.6 Å². The first-order chi connectivity index (χ1) is 17.8. The molecule has 186 valence electrons. The molecule has 0 saturated heterocycles. The molecule has 2 N–H and O–H groups in total. The molecule has 0 unspecified atom stereocenters. The number of nitrogens with zero attached hydrogens (tertiary/aromatic N) is 4. The lowest BCUT2D eigenvalue weighted by Gasteiger charge is -2.22. The van der Waals surface area contributed by atoms with Gasteiger partial charge in [0.2, 0.25) is 11.3 Å². The van der Waals surface area contributed by atoms with E-state index in [-0.39, 0.29) is 22.8 Å². The molecule has 1 saturated carbocycles. The van der Waals surface area contributed by atoms with Gasteiger partial charge < -0.3 is 19.9 Å². The average molecular weight is 516 g/mol. The molecule has 0 radical (unpaired) electrons. The van der Waals surface area contributed by atoms with Gasteiger partial charge in [-0.25, -0.2) is 9.78 Å². The lowest BCUT2D eigenvalue weighted by atomic mass is 10.1. The van der Waals surface area contributed by atoms with Crippen LogP contribution in [0, 0.1) is 12.8 Å². The highest BCUT2D eigenvalue weighted by Gasteiger charge is 2.30. The van der Waals surface area contributed by atoms with Gasteiger partial charge in [-0.1, -0.05) is 17.7 Å². The second kappa shape index (κ2) is 8.70. The lowest BCUT2D eigenvalue weighted by Crippen LogP contribution is -2.20. The molecule has 10 heteroatoms. The third kappa shape index (κ3) is 4.11. The summed E-state index contributed by atoms with van der Waals surface area (Å²) in [5.74, 6) is -0.922. The van der Waals surface area contributed by atoms with E-state index in [0.29, 0.717) is 40.8 Å². The van der Waals surface area contributed by atoms with Gasteiger partial charge in [-0.15, -0.1) is 0 Å². The molecule has 37 heavy (non-hydrogen) atoms. The van der Waals surface area contributed by atoms with Crippen molar-refractivity contribution in [2.45, 2.75) is 32.9 Å². The molecule has 4 aromatic rings. The molecule has 3 aromatic heterocycles. The van der Waals surface area contributed by atoms with Gasteiger partial charge in [0.1, 0.15) is 11.4 Å². The molecule has 6 rings (SSSR count). The van der Waals surface area contributed by atoms with Gasteiger partial charge in [-0.05, 0) is 55.2 Å². The summed E-state index contributed by atoms with van der Waals surface area (Å²) < 4.78 is 1.65. The summed E-state index contributed by atoms with van der Waals surface area (Å²) in [6.07, 6.45) is 6.40. The van der Waals surface area contributed by atoms with Gasteiger partial charge >= 0.3 is 5.97 Å². The number of fused-ring (bicyclic) bond motifs is 2. The van der Waals surface area contributed by atoms with Crippen LogP contribution in [0.1, 0.15) is 40.0 Å². The highest BCUT2D eigenvalue weighted by molar-refractivity contribution is 6.34. The molecule has 0 bridgehead atoms. The van der Waals surface area contributed by atoms with Gasteiger partial charge in [0.15, 0.2) is 0 Å². The number of nitrogens with one attached hydrogen (secondary N) is 1. The number of anilines is 2. The number of aryl methyl sites for hydroxylation is 1. The summed E-state index contributed by atoms with van der Waals surface area (Å²) in [4.78, 5) is 48.1. The first-order valence-electron chi connectivity index (χ1n) is 11.9. The average Bonchev–Trinajstić information content (AvgIpc) is 3.63. The molecular formula is C27H22ClN5O4. The Morgan fingerprint density at radius 3 is 2.65 bits per heavy atom. The third-order valence-corrected chi connectivity index (χ3v) is 7.17. The van der Waals surface area contributed by atoms with Crippen LogP contribution in [0.15, 0.2) is 53.7 Å². The Hall–Kier alpha value is -4.24. The molecule has 2 aliphatic rings. The summed E-state index contributed by atoms with van der Waals surface area (Å²) in [5, 5.41) is 13.1. The number of hydrogen-bond acceptors (Lipinski definition) is 6. The summed E-state index contributed by atoms with van der Waals surface area (Å²) >= 11 is 6.65. The van der Waals surface area contributed by atoms with E-state index in [2.05, 4.69) is 20.2 Å². The van der Waals surface area contributed by atoms with E-state index in [9.17, 15) is 19.5 Å². The van der Waals surface area contributed by atoms with Crippen LogP contribution in [0.5, 0.6) is 0 Å². The first kappa shape index (κ1) is 23.2. The maximum atomic E-state index is 13.1. The second-order valence-electron chi connectivity index (χ2n) is 9.45. The number of carboxylic acids is 1. The molecule has 1 aliphatic carbocycles. The Labute approximate surface area is 216 Å². The van der Waals surface area contributed by atoms with Crippen molar-refractivity contribution < 1.29 is 14.7 Å². The fourth-order valence-corrected chi connectivity index (χ4v) is 5.02. The van der Waals surface area contributed by atoms with E-state index in [4.69, 9.17) is 11.6 Å². The highest BCUT2D eigenvalue weighted by Crippen LogP contribution is 2.36. The van der Waals surface area contributed by atoms with Crippen molar-refractivity contribution in [3.8, 4) is 5.69 Å². The minimum absolute atomic E-state index is 0.0397. The smallest absolute Gasteiger partial charge is 0.341 e. The van der Waals surface area contributed by atoms with Gasteiger partial charge in [-0.2, -0.15) is 0 Å². The standard InChI is InChI=1S/C27H22ClN5O4/c1-14-7-24(31-26(35)15-4-5-15)30-10-23(14)33-12-18(27(36)37)25(34)17-8-19(28)22(9-21(17)33)32-11-16-3-2-6-29-20(16)13-32/h2-3,6-10,12,15H,4-5,11,13H2,1H3,(H,36,37)(H,30,31,35). The summed E-state index contributed by atoms with van der Waals surface area (Å²) in [6.45, 7) is 3.02. The zero-order valence-corrected chi connectivity index (χ0v) is 20.6. The fraction of sp³-hybridized carbons (Fsp3) is 0.222. The van der Waals surface area contributed by atoms with Gasteiger partial charge in [0, 0.05) is 30.2 Å². The van der Waals surface area contributed by atoms with E-state index in [1.807, 2.05) is 19.1 Å². The normalized spacial score (nSPS) is 14.6. The summed E-state index contributed by atoms with van der Waals surface area (Å²) in [5.41, 5.74) is 3.60. The Morgan fingerprint density at radius 1 is 1.14 bits per heavy atom. The molecule has 1 fully saturated rings. The number of carboxylic acid groups (broad SMARTS) is 1. The minimum Gasteiger partial charge on any atom is -0.477 e. The van der Waals surface area contributed by atoms with Crippen molar-refractivity contribution in [3.63, 3.8) is 0 Å². The first-order valence-corrected chi connectivity index (χ1v) is 12.3. The van der Waals surface area contributed by atoms with Crippen LogP contribution in [0.2, 0.25) is 5.02 Å². The highest BCUT2D eigenvalue weighted by atomic mass is 35.5. The van der Waals surface area contributed by atoms with Crippen molar-refractivity contribution in [3.05, 3.63) is 86.6 Å². The quantitative estimate of drug-likeness (QED) is 0.406. The largest absolute Gasteiger partial charge is 0.477 e. The molecule has 1 amide bonds. The topological polar surface area (TPSA) is 117 Å². The van der Waals surface area contributed by atoms with Gasteiger partial charge in [-0.3, -0.25) is 14.6 Å². The fourth-order valence-electron chi connectivity index (χ4n) is 4.74. The third-order valence-electron chi connectivity index (χ3n) is 6.87. The molecule has 1 aliphatic heterocycles. The van der Waals surface area contributed by atoms with Crippen LogP contribution >= 0.6 is 11.6 Å². The maximum Gasteiger partial charge on any atom is 0.341 e. The van der Waals surface area contributed by atoms with Crippen LogP contribution in [0.3, 0.4) is 0 Å². The van der Waals surface area contributed by atoms with E-state index in [1.54, 1.807) is 29.1 Å². The van der Waals surface area contributed by atoms with E-state index in [0.717, 1.165) is 29.7 Å². The molecule has 9 nitrogen and oxygen atoms in total. The van der Waals surface area contributed by atoms with Crippen molar-refractivity contribution in [1.29, 1.82) is 0 Å². The number of halogens is 1. The van der Waals surface area contributed by atoms with Crippen LogP contribution in [-0.2, 0) is 17.9 Å². The van der Waals surface area contributed by atoms with Crippen molar-refractivity contribution in [2.75, 3.05) is 10.2 Å². The number of hydrogen-bond donors (Lipinski definition) is 2. The predicted octanol–water partition coefficient (Wildman–Crippen LogP) is 4.31. The molecule has 0 spiro atoms. The predicted molar refractivity (Wildman–Crippen MR) is 140 cm³/mol. The molecule has 0 atom stereocenters. The van der Waals surface area contributed by atoms with E-state index in [1.165, 1.54) is 12.3 Å². The number of pyridine rings is 3. The lowest BCUT2D eigenvalue weighted by molar-refractivity contribution is -0.117. The number of amides is 1. The Balaban J connectivity index is 1.49. The maximum absolute atomic E-state index is 13.1. The van der Waals surface area contributed by atoms with Crippen molar-refractivity contribution in [1.82, 2.24) is 14.5 Å². The van der Waals surface area contributed by atoms with E-state index < -0.39 is 11.4 Å². The Morgan fingerprint density at radius 2 is 1.95 bits per heavy atom. The number of aromatic carboxylic acids is 1. The number of carbonyl (C=O) groups is 2. The summed E-state index contributed by atoms with van der Waals surface area (Å²) in [6, 6.07) is 8.98. The summed E-state index contributed by atoms with van der Waals surface area (Å²) in [7, 11) is 0. The van der Waals surface area contributed by atoms with Gasteiger partial charge in [0.25, 0.3) is 0 Å². The van der Waals surface area contributed by atoms with Crippen LogP contribution in [0.4, 0.5) is 11.5 Å². The van der Waals surface area contributed by atoms with Gasteiger partial charge in [0.05, 0.1) is 40.3 Å². The van der Waals surface area contributed by atoms with Crippen molar-refractivity contribution in [2.24, 2.45) is 5.92 Å². The van der Waals surface area contributed by atoms with E-state index >= 15 is 0 Å². The molecular weight excluding hydrogens is 494 g/mol. The minimum atomic E-state index is -1.33. The van der Waals surface area contributed by atoms with Crippen molar-refractivity contribution >= 4 is 45.9 Å². The zero-order chi connectivity index (χ0) is 25.8.